The molecule has 154 valence electrons. The van der Waals surface area contributed by atoms with Gasteiger partial charge in [-0.1, -0.05) is 43.1 Å². The summed E-state index contributed by atoms with van der Waals surface area (Å²) in [4.78, 5) is 0.756. The number of para-hydroxylation sites is 1. The molecule has 3 nitrogen and oxygen atoms in total. The summed E-state index contributed by atoms with van der Waals surface area (Å²) in [6.07, 6.45) is -3.46. The second kappa shape index (κ2) is 9.05. The Morgan fingerprint density at radius 3 is 2.59 bits per heavy atom. The quantitative estimate of drug-likeness (QED) is 0.394. The Bertz CT molecular complexity index is 988. The molecule has 1 aromatic heterocycles. The number of nitrogens with zero attached hydrogens (tertiary/aromatic N) is 1. The number of hydrogen-bond acceptors (Lipinski definition) is 4. The van der Waals surface area contributed by atoms with E-state index in [1.54, 1.807) is 13.2 Å². The van der Waals surface area contributed by atoms with Crippen molar-refractivity contribution in [2.45, 2.75) is 32.5 Å². The minimum Gasteiger partial charge on any atom is -0.496 e. The molecule has 0 spiro atoms. The second-order valence-electron chi connectivity index (χ2n) is 6.34. The van der Waals surface area contributed by atoms with Crippen molar-refractivity contribution >= 4 is 23.1 Å². The summed E-state index contributed by atoms with van der Waals surface area (Å²) in [5.74, 6) is 0.780. The number of halogens is 4. The van der Waals surface area contributed by atoms with E-state index in [1.807, 2.05) is 31.2 Å². The number of aromatic nitrogens is 1. The number of alkyl halides is 3. The van der Waals surface area contributed by atoms with Gasteiger partial charge in [0.2, 0.25) is 0 Å². The van der Waals surface area contributed by atoms with Crippen LogP contribution < -0.4 is 9.47 Å². The van der Waals surface area contributed by atoms with Crippen LogP contribution in [-0.2, 0) is 19.2 Å². The Morgan fingerprint density at radius 1 is 1.14 bits per heavy atom. The van der Waals surface area contributed by atoms with Gasteiger partial charge in [0.15, 0.2) is 0 Å². The van der Waals surface area contributed by atoms with Crippen molar-refractivity contribution in [2.75, 3.05) is 7.11 Å². The van der Waals surface area contributed by atoms with E-state index in [-0.39, 0.29) is 23.1 Å². The van der Waals surface area contributed by atoms with E-state index in [1.165, 1.54) is 17.6 Å². The molecule has 3 rings (SSSR count). The number of benzene rings is 2. The summed E-state index contributed by atoms with van der Waals surface area (Å²) >= 11 is 7.41. The van der Waals surface area contributed by atoms with Crippen LogP contribution in [0.4, 0.5) is 13.2 Å². The molecule has 0 aliphatic carbocycles. The molecule has 0 amide bonds. The molecule has 0 saturated heterocycles. The van der Waals surface area contributed by atoms with Crippen molar-refractivity contribution in [1.82, 2.24) is 4.37 Å². The third kappa shape index (κ3) is 4.85. The highest BCUT2D eigenvalue weighted by Gasteiger charge is 2.33. The highest BCUT2D eigenvalue weighted by molar-refractivity contribution is 7.10. The molecule has 8 heteroatoms. The van der Waals surface area contributed by atoms with E-state index in [0.29, 0.717) is 24.2 Å². The van der Waals surface area contributed by atoms with Crippen molar-refractivity contribution < 1.29 is 22.6 Å². The molecule has 0 N–H and O–H groups in total. The Hall–Kier alpha value is -2.25. The molecule has 3 aromatic rings. The number of hydrogen-bond donors (Lipinski definition) is 0. The van der Waals surface area contributed by atoms with Crippen molar-refractivity contribution in [2.24, 2.45) is 0 Å². The summed E-state index contributed by atoms with van der Waals surface area (Å²) in [6.45, 7) is 1.84. The lowest BCUT2D eigenvalue weighted by Gasteiger charge is -2.15. The fourth-order valence-corrected chi connectivity index (χ4v) is 4.13. The number of aryl methyl sites for hydroxylation is 1. The monoisotopic (exact) mass is 441 g/mol. The van der Waals surface area contributed by atoms with Crippen molar-refractivity contribution in [3.63, 3.8) is 0 Å². The lowest BCUT2D eigenvalue weighted by Crippen LogP contribution is -2.10. The zero-order valence-corrected chi connectivity index (χ0v) is 17.4. The summed E-state index contributed by atoms with van der Waals surface area (Å²) in [6, 6.07) is 11.5. The van der Waals surface area contributed by atoms with Gasteiger partial charge < -0.3 is 9.47 Å². The van der Waals surface area contributed by atoms with E-state index in [0.717, 1.165) is 16.5 Å². The molecule has 0 unspecified atom stereocenters. The maximum absolute atomic E-state index is 13.4. The normalized spacial score (nSPS) is 11.5. The van der Waals surface area contributed by atoms with Gasteiger partial charge in [0.25, 0.3) is 0 Å². The van der Waals surface area contributed by atoms with Crippen LogP contribution in [0.15, 0.2) is 42.5 Å². The maximum atomic E-state index is 13.4. The Kier molecular flexibility index (Phi) is 6.70. The fraction of sp³-hybridized carbons (Fsp3) is 0.286. The average Bonchev–Trinajstić information content (AvgIpc) is 3.06. The van der Waals surface area contributed by atoms with Crippen LogP contribution in [-0.4, -0.2) is 11.5 Å². The smallest absolute Gasteiger partial charge is 0.416 e. The summed E-state index contributed by atoms with van der Waals surface area (Å²) in [5.41, 5.74) is 0.994. The molecule has 2 aromatic carbocycles. The van der Waals surface area contributed by atoms with Crippen LogP contribution in [0, 0.1) is 0 Å². The zero-order valence-electron chi connectivity index (χ0n) is 15.8. The molecule has 0 bridgehead atoms. The fourth-order valence-electron chi connectivity index (χ4n) is 3.01. The molecule has 1 heterocycles. The van der Waals surface area contributed by atoms with Gasteiger partial charge in [-0.2, -0.15) is 17.5 Å². The summed E-state index contributed by atoms with van der Waals surface area (Å²) in [7, 11) is 1.56. The van der Waals surface area contributed by atoms with Gasteiger partial charge in [-0.25, -0.2) is 0 Å². The molecule has 0 saturated carbocycles. The highest BCUT2D eigenvalue weighted by Crippen LogP contribution is 2.39. The van der Waals surface area contributed by atoms with Gasteiger partial charge in [-0.05, 0) is 47.8 Å². The summed E-state index contributed by atoms with van der Waals surface area (Å²) in [5, 5.41) is 0.259. The van der Waals surface area contributed by atoms with Crippen molar-refractivity contribution in [3.8, 4) is 21.9 Å². The van der Waals surface area contributed by atoms with E-state index >= 15 is 0 Å². The third-order valence-electron chi connectivity index (χ3n) is 4.38. The predicted octanol–water partition coefficient (Wildman–Crippen LogP) is 7.02. The summed E-state index contributed by atoms with van der Waals surface area (Å²) < 4.78 is 55.4. The average molecular weight is 442 g/mol. The molecule has 0 atom stereocenters. The molecule has 0 aliphatic heterocycles. The second-order valence-corrected chi connectivity index (χ2v) is 7.47. The van der Waals surface area contributed by atoms with Gasteiger partial charge in [0, 0.05) is 11.1 Å². The molecule has 0 fully saturated rings. The molecule has 0 aliphatic rings. The highest BCUT2D eigenvalue weighted by atomic mass is 35.5. The first-order chi connectivity index (χ1) is 13.8. The van der Waals surface area contributed by atoms with Gasteiger partial charge in [0.05, 0.1) is 17.6 Å². The van der Waals surface area contributed by atoms with Gasteiger partial charge >= 0.3 is 6.18 Å². The Labute approximate surface area is 176 Å². The van der Waals surface area contributed by atoms with Crippen LogP contribution in [0.3, 0.4) is 0 Å². The van der Waals surface area contributed by atoms with Crippen LogP contribution in [0.5, 0.6) is 11.5 Å². The lowest BCUT2D eigenvalue weighted by molar-refractivity contribution is -0.138. The lowest BCUT2D eigenvalue weighted by atomic mass is 10.0. The Balaban J connectivity index is 1.89. The van der Waals surface area contributed by atoms with Crippen molar-refractivity contribution in [1.29, 1.82) is 0 Å². The van der Waals surface area contributed by atoms with Gasteiger partial charge in [0.1, 0.15) is 23.3 Å². The van der Waals surface area contributed by atoms with Crippen LogP contribution in [0.2, 0.25) is 5.15 Å². The van der Waals surface area contributed by atoms with Gasteiger partial charge in [-0.3, -0.25) is 0 Å². The molecule has 0 radical (unpaired) electrons. The molecular weight excluding hydrogens is 423 g/mol. The van der Waals surface area contributed by atoms with Crippen LogP contribution in [0.25, 0.3) is 10.4 Å². The predicted molar refractivity (Wildman–Crippen MR) is 109 cm³/mol. The van der Waals surface area contributed by atoms with E-state index in [4.69, 9.17) is 21.1 Å². The largest absolute Gasteiger partial charge is 0.496 e. The number of ether oxygens (including phenoxy) is 2. The first-order valence-electron chi connectivity index (χ1n) is 8.95. The van der Waals surface area contributed by atoms with E-state index in [2.05, 4.69) is 4.37 Å². The maximum Gasteiger partial charge on any atom is 0.416 e. The number of methoxy groups -OCH3 is 1. The topological polar surface area (TPSA) is 31.4 Å². The standard InChI is InChI=1S/C21H19ClF3NO2S/c1-3-6-13-9-10-14(11-17(13)21(23,24)25)28-12-16-19(29-26-20(16)22)15-7-4-5-8-18(15)27-2/h4-5,7-11H,3,6,12H2,1-2H3. The van der Waals surface area contributed by atoms with E-state index in [9.17, 15) is 13.2 Å². The van der Waals surface area contributed by atoms with Crippen LogP contribution >= 0.6 is 23.1 Å². The number of rotatable bonds is 7. The zero-order chi connectivity index (χ0) is 21.0. The van der Waals surface area contributed by atoms with Crippen LogP contribution in [0.1, 0.15) is 30.0 Å². The van der Waals surface area contributed by atoms with E-state index < -0.39 is 11.7 Å². The minimum atomic E-state index is -4.44. The first kappa shape index (κ1) is 21.5. The minimum absolute atomic E-state index is 0.00681. The third-order valence-corrected chi connectivity index (χ3v) is 5.72. The molecular formula is C21H19ClF3NO2S. The first-order valence-corrected chi connectivity index (χ1v) is 10.1. The molecule has 29 heavy (non-hydrogen) atoms. The van der Waals surface area contributed by atoms with Crippen molar-refractivity contribution in [3.05, 3.63) is 64.3 Å². The van der Waals surface area contributed by atoms with Gasteiger partial charge in [-0.15, -0.1) is 0 Å². The SMILES string of the molecule is CCCc1ccc(OCc2c(Cl)nsc2-c2ccccc2OC)cc1C(F)(F)F. The Morgan fingerprint density at radius 2 is 1.90 bits per heavy atom.